The minimum atomic E-state index is -0.127. The molecule has 0 aliphatic carbocycles. The molecule has 6 heteroatoms. The molecule has 1 aliphatic heterocycles. The van der Waals surface area contributed by atoms with Crippen molar-refractivity contribution < 1.29 is 14.3 Å². The number of nitrogens with zero attached hydrogens (tertiary/aromatic N) is 2. The molecule has 2 aromatic rings. The Balaban J connectivity index is 1.70. The summed E-state index contributed by atoms with van der Waals surface area (Å²) in [5.41, 5.74) is 2.37. The van der Waals surface area contributed by atoms with Crippen molar-refractivity contribution in [2.45, 2.75) is 32.6 Å². The lowest BCUT2D eigenvalue weighted by atomic mass is 9.86. The van der Waals surface area contributed by atoms with Crippen LogP contribution in [0.15, 0.2) is 42.5 Å². The van der Waals surface area contributed by atoms with E-state index in [1.807, 2.05) is 29.2 Å². The van der Waals surface area contributed by atoms with E-state index in [0.717, 1.165) is 6.42 Å². The van der Waals surface area contributed by atoms with E-state index in [-0.39, 0.29) is 17.2 Å². The molecular formula is C24H29ClN2O3. The first kappa shape index (κ1) is 22.2. The summed E-state index contributed by atoms with van der Waals surface area (Å²) in [5.74, 6) is 0.379. The molecule has 1 heterocycles. The quantitative estimate of drug-likeness (QED) is 0.715. The molecule has 160 valence electrons. The molecule has 2 amide bonds. The number of hydrogen-bond donors (Lipinski definition) is 0. The fourth-order valence-electron chi connectivity index (χ4n) is 3.64. The highest BCUT2D eigenvalue weighted by atomic mass is 35.5. The number of ether oxygens (including phenoxy) is 1. The van der Waals surface area contributed by atoms with Gasteiger partial charge in [-0.3, -0.25) is 9.59 Å². The third-order valence-corrected chi connectivity index (χ3v) is 5.70. The summed E-state index contributed by atoms with van der Waals surface area (Å²) in [6, 6.07) is 12.9. The molecule has 0 spiro atoms. The van der Waals surface area contributed by atoms with Crippen LogP contribution in [0.25, 0.3) is 0 Å². The third-order valence-electron chi connectivity index (χ3n) is 5.46. The number of carbonyl (C=O) groups is 2. The molecule has 0 N–H and O–H groups in total. The Bertz CT molecular complexity index is 919. The summed E-state index contributed by atoms with van der Waals surface area (Å²) in [6.45, 7) is 8.63. The zero-order valence-corrected chi connectivity index (χ0v) is 18.8. The molecule has 1 aliphatic rings. The molecule has 3 rings (SSSR count). The van der Waals surface area contributed by atoms with Crippen LogP contribution in [0.2, 0.25) is 5.02 Å². The largest absolute Gasteiger partial charge is 0.496 e. The van der Waals surface area contributed by atoms with E-state index in [1.165, 1.54) is 12.7 Å². The van der Waals surface area contributed by atoms with Gasteiger partial charge in [0, 0.05) is 36.8 Å². The molecule has 0 aromatic heterocycles. The molecule has 1 saturated heterocycles. The van der Waals surface area contributed by atoms with E-state index in [1.54, 1.807) is 23.1 Å². The van der Waals surface area contributed by atoms with Crippen LogP contribution < -0.4 is 4.74 Å². The van der Waals surface area contributed by atoms with E-state index >= 15 is 0 Å². The van der Waals surface area contributed by atoms with Crippen molar-refractivity contribution in [3.05, 3.63) is 64.2 Å². The molecule has 0 radical (unpaired) electrons. The Labute approximate surface area is 183 Å². The van der Waals surface area contributed by atoms with Crippen molar-refractivity contribution >= 4 is 23.4 Å². The van der Waals surface area contributed by atoms with Gasteiger partial charge in [0.25, 0.3) is 11.8 Å². The Morgan fingerprint density at radius 3 is 2.07 bits per heavy atom. The SMILES string of the molecule is COc1ccc(Cl)cc1C(=O)N1CCCN(C(=O)c2ccc(C(C)(C)C)cc2)CC1. The van der Waals surface area contributed by atoms with Crippen LogP contribution in [0.5, 0.6) is 5.75 Å². The summed E-state index contributed by atoms with van der Waals surface area (Å²) in [4.78, 5) is 29.6. The van der Waals surface area contributed by atoms with E-state index in [0.29, 0.717) is 48.1 Å². The molecule has 5 nitrogen and oxygen atoms in total. The van der Waals surface area contributed by atoms with E-state index in [2.05, 4.69) is 20.8 Å². The van der Waals surface area contributed by atoms with Crippen LogP contribution in [-0.4, -0.2) is 54.9 Å². The maximum absolute atomic E-state index is 13.0. The van der Waals surface area contributed by atoms with Crippen LogP contribution in [0.4, 0.5) is 0 Å². The van der Waals surface area contributed by atoms with Crippen molar-refractivity contribution in [3.63, 3.8) is 0 Å². The summed E-state index contributed by atoms with van der Waals surface area (Å²) >= 11 is 6.08. The highest BCUT2D eigenvalue weighted by Crippen LogP contribution is 2.25. The highest BCUT2D eigenvalue weighted by Gasteiger charge is 2.25. The van der Waals surface area contributed by atoms with Gasteiger partial charge >= 0.3 is 0 Å². The predicted octanol–water partition coefficient (Wildman–Crippen LogP) is 4.63. The van der Waals surface area contributed by atoms with E-state index < -0.39 is 0 Å². The lowest BCUT2D eigenvalue weighted by Gasteiger charge is -2.23. The van der Waals surface area contributed by atoms with Crippen LogP contribution >= 0.6 is 11.6 Å². The molecule has 2 aromatic carbocycles. The minimum Gasteiger partial charge on any atom is -0.496 e. The average Bonchev–Trinajstić information content (AvgIpc) is 2.98. The highest BCUT2D eigenvalue weighted by molar-refractivity contribution is 6.31. The van der Waals surface area contributed by atoms with Crippen LogP contribution in [0.3, 0.4) is 0 Å². The Kier molecular flexibility index (Phi) is 6.71. The zero-order chi connectivity index (χ0) is 21.9. The molecule has 0 saturated carbocycles. The van der Waals surface area contributed by atoms with Gasteiger partial charge < -0.3 is 14.5 Å². The summed E-state index contributed by atoms with van der Waals surface area (Å²) in [6.07, 6.45) is 0.723. The maximum atomic E-state index is 13.0. The van der Waals surface area contributed by atoms with Gasteiger partial charge in [0.2, 0.25) is 0 Å². The fourth-order valence-corrected chi connectivity index (χ4v) is 3.81. The van der Waals surface area contributed by atoms with Gasteiger partial charge in [0.05, 0.1) is 12.7 Å². The Morgan fingerprint density at radius 2 is 1.50 bits per heavy atom. The third kappa shape index (κ3) is 4.96. The first-order valence-electron chi connectivity index (χ1n) is 10.2. The fraction of sp³-hybridized carbons (Fsp3) is 0.417. The van der Waals surface area contributed by atoms with Crippen LogP contribution in [0.1, 0.15) is 53.5 Å². The predicted molar refractivity (Wildman–Crippen MR) is 120 cm³/mol. The summed E-state index contributed by atoms with van der Waals surface area (Å²) < 4.78 is 5.32. The first-order valence-corrected chi connectivity index (χ1v) is 10.6. The first-order chi connectivity index (χ1) is 14.2. The lowest BCUT2D eigenvalue weighted by molar-refractivity contribution is 0.0717. The van der Waals surface area contributed by atoms with Gasteiger partial charge in [-0.15, -0.1) is 0 Å². The second-order valence-corrected chi connectivity index (χ2v) is 9.05. The number of methoxy groups -OCH3 is 1. The van der Waals surface area contributed by atoms with Crippen molar-refractivity contribution in [2.24, 2.45) is 0 Å². The minimum absolute atomic E-state index is 0.00472. The molecule has 1 fully saturated rings. The monoisotopic (exact) mass is 428 g/mol. The standard InChI is InChI=1S/C24H29ClN2O3/c1-24(2,3)18-8-6-17(7-9-18)22(28)26-12-5-13-27(15-14-26)23(29)20-16-19(25)10-11-21(20)30-4/h6-11,16H,5,12-15H2,1-4H3. The molecule has 0 bridgehead atoms. The van der Waals surface area contributed by atoms with Gasteiger partial charge in [0.1, 0.15) is 5.75 Å². The number of rotatable bonds is 3. The molecule has 30 heavy (non-hydrogen) atoms. The number of carbonyl (C=O) groups excluding carboxylic acids is 2. The van der Waals surface area contributed by atoms with Crippen molar-refractivity contribution in [2.75, 3.05) is 33.3 Å². The van der Waals surface area contributed by atoms with E-state index in [4.69, 9.17) is 16.3 Å². The molecular weight excluding hydrogens is 400 g/mol. The van der Waals surface area contributed by atoms with Gasteiger partial charge in [-0.25, -0.2) is 0 Å². The van der Waals surface area contributed by atoms with Gasteiger partial charge in [-0.2, -0.15) is 0 Å². The van der Waals surface area contributed by atoms with Gasteiger partial charge in [0.15, 0.2) is 0 Å². The van der Waals surface area contributed by atoms with Crippen molar-refractivity contribution in [1.82, 2.24) is 9.80 Å². The summed E-state index contributed by atoms with van der Waals surface area (Å²) in [5, 5.41) is 0.490. The molecule has 0 atom stereocenters. The smallest absolute Gasteiger partial charge is 0.257 e. The Hall–Kier alpha value is -2.53. The number of benzene rings is 2. The number of amides is 2. The second kappa shape index (κ2) is 9.09. The van der Waals surface area contributed by atoms with Gasteiger partial charge in [-0.1, -0.05) is 44.5 Å². The van der Waals surface area contributed by atoms with Gasteiger partial charge in [-0.05, 0) is 47.7 Å². The lowest BCUT2D eigenvalue weighted by Crippen LogP contribution is -2.37. The van der Waals surface area contributed by atoms with Crippen molar-refractivity contribution in [3.8, 4) is 5.75 Å². The Morgan fingerprint density at radius 1 is 0.900 bits per heavy atom. The number of hydrogen-bond acceptors (Lipinski definition) is 3. The maximum Gasteiger partial charge on any atom is 0.257 e. The van der Waals surface area contributed by atoms with Crippen LogP contribution in [0, 0.1) is 0 Å². The zero-order valence-electron chi connectivity index (χ0n) is 18.1. The van der Waals surface area contributed by atoms with E-state index in [9.17, 15) is 9.59 Å². The normalized spacial score (nSPS) is 15.0. The number of halogens is 1. The van der Waals surface area contributed by atoms with Crippen LogP contribution in [-0.2, 0) is 5.41 Å². The second-order valence-electron chi connectivity index (χ2n) is 8.61. The molecule has 0 unspecified atom stereocenters. The summed E-state index contributed by atoms with van der Waals surface area (Å²) in [7, 11) is 1.54. The van der Waals surface area contributed by atoms with Crippen molar-refractivity contribution in [1.29, 1.82) is 0 Å². The average molecular weight is 429 g/mol. The topological polar surface area (TPSA) is 49.9 Å².